The fourth-order valence-electron chi connectivity index (χ4n) is 2.76. The Balaban J connectivity index is 1.94. The number of hydrogen-bond donors (Lipinski definition) is 2. The number of likely N-dealkylation sites (N-methyl/N-ethyl adjacent to an activating group) is 1. The third kappa shape index (κ3) is 5.51. The van der Waals surface area contributed by atoms with E-state index in [1.165, 1.54) is 12.8 Å². The predicted molar refractivity (Wildman–Crippen MR) is 90.4 cm³/mol. The van der Waals surface area contributed by atoms with E-state index in [9.17, 15) is 4.79 Å². The van der Waals surface area contributed by atoms with E-state index in [2.05, 4.69) is 27.7 Å². The van der Waals surface area contributed by atoms with Crippen molar-refractivity contribution in [1.29, 1.82) is 0 Å². The van der Waals surface area contributed by atoms with Crippen LogP contribution in [-0.2, 0) is 18.3 Å². The van der Waals surface area contributed by atoms with E-state index in [0.29, 0.717) is 18.4 Å². The molecule has 0 bridgehead atoms. The van der Waals surface area contributed by atoms with Gasteiger partial charge in [-0.3, -0.25) is 10.00 Å². The first-order chi connectivity index (χ1) is 10.7. The lowest BCUT2D eigenvalue weighted by molar-refractivity contribution is 0.0634. The summed E-state index contributed by atoms with van der Waals surface area (Å²) in [5, 5.41) is 10.6. The molecule has 2 rings (SSSR count). The van der Waals surface area contributed by atoms with E-state index in [0.717, 1.165) is 18.7 Å². The Morgan fingerprint density at radius 2 is 2.17 bits per heavy atom. The van der Waals surface area contributed by atoms with Crippen molar-refractivity contribution >= 4 is 11.9 Å². The third-order valence-electron chi connectivity index (χ3n) is 3.84. The first-order valence-corrected chi connectivity index (χ1v) is 8.17. The van der Waals surface area contributed by atoms with Crippen LogP contribution in [0.1, 0.15) is 39.2 Å². The smallest absolute Gasteiger partial charge is 0.413 e. The van der Waals surface area contributed by atoms with Gasteiger partial charge in [-0.25, -0.2) is 4.79 Å². The van der Waals surface area contributed by atoms with Crippen molar-refractivity contribution < 1.29 is 9.53 Å². The third-order valence-corrected chi connectivity index (χ3v) is 3.84. The van der Waals surface area contributed by atoms with Crippen LogP contribution in [0, 0.1) is 0 Å². The van der Waals surface area contributed by atoms with Gasteiger partial charge in [0.1, 0.15) is 11.4 Å². The topological polar surface area (TPSA) is 71.4 Å². The minimum Gasteiger partial charge on any atom is -0.444 e. The number of nitrogens with zero attached hydrogens (tertiary/aromatic N) is 3. The second kappa shape index (κ2) is 7.31. The lowest BCUT2D eigenvalue weighted by Crippen LogP contribution is -2.43. The summed E-state index contributed by atoms with van der Waals surface area (Å²) in [7, 11) is 3.96. The van der Waals surface area contributed by atoms with E-state index in [1.54, 1.807) is 10.9 Å². The highest BCUT2D eigenvalue weighted by molar-refractivity contribution is 5.84. The van der Waals surface area contributed by atoms with Crippen molar-refractivity contribution in [3.63, 3.8) is 0 Å². The van der Waals surface area contributed by atoms with Crippen molar-refractivity contribution in [2.24, 2.45) is 7.05 Å². The number of nitrogens with one attached hydrogen (secondary N) is 2. The first-order valence-electron chi connectivity index (χ1n) is 8.17. The van der Waals surface area contributed by atoms with Crippen LogP contribution in [0.5, 0.6) is 0 Å². The van der Waals surface area contributed by atoms with Gasteiger partial charge in [0.05, 0.1) is 6.20 Å². The Morgan fingerprint density at radius 1 is 1.43 bits per heavy atom. The van der Waals surface area contributed by atoms with Crippen molar-refractivity contribution in [1.82, 2.24) is 20.0 Å². The zero-order valence-corrected chi connectivity index (χ0v) is 14.8. The van der Waals surface area contributed by atoms with Crippen LogP contribution in [0.25, 0.3) is 0 Å². The number of carbonyl (C=O) groups excluding carboxylic acids is 1. The summed E-state index contributed by atoms with van der Waals surface area (Å²) < 4.78 is 6.97. The van der Waals surface area contributed by atoms with E-state index in [1.807, 2.05) is 27.8 Å². The Morgan fingerprint density at radius 3 is 2.83 bits per heavy atom. The molecular weight excluding hydrogens is 294 g/mol. The van der Waals surface area contributed by atoms with E-state index in [-0.39, 0.29) is 0 Å². The van der Waals surface area contributed by atoms with Crippen LogP contribution in [-0.4, -0.2) is 52.6 Å². The first kappa shape index (κ1) is 17.7. The van der Waals surface area contributed by atoms with Gasteiger partial charge >= 0.3 is 6.09 Å². The largest absolute Gasteiger partial charge is 0.444 e. The molecule has 1 aliphatic rings. The standard InChI is InChI=1S/C16H29N5O2/c1-16(2,3)23-15(22)19-14-12(10-18-21(14)5)9-17-13-7-6-8-20(4)11-13/h10,13,17H,6-9,11H2,1-5H3,(H,19,22). The Labute approximate surface area is 138 Å². The molecule has 0 aliphatic carbocycles. The molecule has 130 valence electrons. The number of carbonyl (C=O) groups is 1. The van der Waals surface area contributed by atoms with Crippen molar-refractivity contribution in [3.8, 4) is 0 Å². The number of aryl methyl sites for hydroxylation is 1. The van der Waals surface area contributed by atoms with Crippen LogP contribution in [0.2, 0.25) is 0 Å². The summed E-state index contributed by atoms with van der Waals surface area (Å²) in [5.41, 5.74) is 0.444. The van der Waals surface area contributed by atoms with Crippen LogP contribution >= 0.6 is 0 Å². The van der Waals surface area contributed by atoms with Gasteiger partial charge in [-0.05, 0) is 47.2 Å². The van der Waals surface area contributed by atoms with E-state index in [4.69, 9.17) is 4.74 Å². The fraction of sp³-hybridized carbons (Fsp3) is 0.750. The molecule has 0 aromatic carbocycles. The normalized spacial score (nSPS) is 19.6. The van der Waals surface area contributed by atoms with Gasteiger partial charge in [-0.1, -0.05) is 0 Å². The average molecular weight is 323 g/mol. The molecule has 0 saturated carbocycles. The molecule has 1 amide bonds. The minimum absolute atomic E-state index is 0.459. The molecule has 7 heteroatoms. The number of hydrogen-bond acceptors (Lipinski definition) is 5. The number of likely N-dealkylation sites (tertiary alicyclic amines) is 1. The predicted octanol–water partition coefficient (Wildman–Crippen LogP) is 1.95. The zero-order chi connectivity index (χ0) is 17.0. The van der Waals surface area contributed by atoms with Gasteiger partial charge in [-0.2, -0.15) is 5.10 Å². The number of aromatic nitrogens is 2. The lowest BCUT2D eigenvalue weighted by Gasteiger charge is -2.30. The molecule has 1 saturated heterocycles. The SMILES string of the molecule is CN1CCCC(NCc2cnn(C)c2NC(=O)OC(C)(C)C)C1. The molecule has 2 heterocycles. The highest BCUT2D eigenvalue weighted by Gasteiger charge is 2.20. The summed E-state index contributed by atoms with van der Waals surface area (Å²) in [6.45, 7) is 8.43. The minimum atomic E-state index is -0.520. The molecule has 7 nitrogen and oxygen atoms in total. The molecular formula is C16H29N5O2. The second-order valence-corrected chi connectivity index (χ2v) is 7.25. The highest BCUT2D eigenvalue weighted by Crippen LogP contribution is 2.17. The molecule has 23 heavy (non-hydrogen) atoms. The molecule has 1 aromatic heterocycles. The number of amides is 1. The molecule has 0 spiro atoms. The Bertz CT molecular complexity index is 535. The molecule has 1 unspecified atom stereocenters. The van der Waals surface area contributed by atoms with Crippen LogP contribution < -0.4 is 10.6 Å². The van der Waals surface area contributed by atoms with Gasteiger partial charge in [0, 0.05) is 31.7 Å². The van der Waals surface area contributed by atoms with Crippen LogP contribution in [0.3, 0.4) is 0 Å². The summed E-state index contributed by atoms with van der Waals surface area (Å²) in [5.74, 6) is 0.677. The van der Waals surface area contributed by atoms with Gasteiger partial charge in [0.25, 0.3) is 0 Å². The molecule has 1 aliphatic heterocycles. The summed E-state index contributed by atoms with van der Waals surface area (Å²) >= 11 is 0. The van der Waals surface area contributed by atoms with Gasteiger partial charge in [0.15, 0.2) is 0 Å². The van der Waals surface area contributed by atoms with E-state index >= 15 is 0 Å². The number of rotatable bonds is 4. The maximum absolute atomic E-state index is 12.0. The molecule has 2 N–H and O–H groups in total. The number of piperidine rings is 1. The summed E-state index contributed by atoms with van der Waals surface area (Å²) in [6.07, 6.45) is 3.72. The van der Waals surface area contributed by atoms with Crippen molar-refractivity contribution in [3.05, 3.63) is 11.8 Å². The molecule has 1 aromatic rings. The molecule has 1 fully saturated rings. The van der Waals surface area contributed by atoms with Gasteiger partial charge in [-0.15, -0.1) is 0 Å². The van der Waals surface area contributed by atoms with Crippen molar-refractivity contribution in [2.75, 3.05) is 25.5 Å². The maximum Gasteiger partial charge on any atom is 0.413 e. The zero-order valence-electron chi connectivity index (χ0n) is 14.8. The van der Waals surface area contributed by atoms with E-state index < -0.39 is 11.7 Å². The van der Waals surface area contributed by atoms with Crippen LogP contribution in [0.15, 0.2) is 6.20 Å². The van der Waals surface area contributed by atoms with Gasteiger partial charge in [0.2, 0.25) is 0 Å². The second-order valence-electron chi connectivity index (χ2n) is 7.25. The Kier molecular flexibility index (Phi) is 5.64. The molecule has 0 radical (unpaired) electrons. The maximum atomic E-state index is 12.0. The number of anilines is 1. The van der Waals surface area contributed by atoms with Crippen molar-refractivity contribution in [2.45, 2.75) is 51.8 Å². The molecule has 1 atom stereocenters. The fourth-order valence-corrected chi connectivity index (χ4v) is 2.76. The summed E-state index contributed by atoms with van der Waals surface area (Å²) in [6, 6.07) is 0.475. The quantitative estimate of drug-likeness (QED) is 0.886. The highest BCUT2D eigenvalue weighted by atomic mass is 16.6. The van der Waals surface area contributed by atoms with Crippen LogP contribution in [0.4, 0.5) is 10.6 Å². The number of ether oxygens (including phenoxy) is 1. The van der Waals surface area contributed by atoms with Gasteiger partial charge < -0.3 is 15.0 Å². The summed E-state index contributed by atoms with van der Waals surface area (Å²) in [4.78, 5) is 14.3. The Hall–Kier alpha value is -1.60. The average Bonchev–Trinajstić information content (AvgIpc) is 2.76. The monoisotopic (exact) mass is 323 g/mol. The lowest BCUT2D eigenvalue weighted by atomic mass is 10.1.